The third kappa shape index (κ3) is 3.46. The summed E-state index contributed by atoms with van der Waals surface area (Å²) in [5.74, 6) is -0.508. The van der Waals surface area contributed by atoms with Crippen LogP contribution in [0.25, 0.3) is 0 Å². The highest BCUT2D eigenvalue weighted by Gasteiger charge is 2.22. The molecule has 1 aliphatic rings. The van der Waals surface area contributed by atoms with E-state index in [1.54, 1.807) is 6.07 Å². The first-order valence-electron chi connectivity index (χ1n) is 6.85. The van der Waals surface area contributed by atoms with Gasteiger partial charge in [0.15, 0.2) is 0 Å². The van der Waals surface area contributed by atoms with E-state index < -0.39 is 5.97 Å². The maximum atomic E-state index is 12.1. The molecule has 108 valence electrons. The minimum absolute atomic E-state index is 0.0352. The lowest BCUT2D eigenvalue weighted by Gasteiger charge is -2.32. The number of likely N-dealkylation sites (tertiary alicyclic amines) is 1. The van der Waals surface area contributed by atoms with Gasteiger partial charge in [-0.25, -0.2) is 14.6 Å². The molecule has 1 aromatic rings. The molecule has 1 aliphatic heterocycles. The van der Waals surface area contributed by atoms with E-state index in [2.05, 4.69) is 17.2 Å². The van der Waals surface area contributed by atoms with Crippen LogP contribution in [0.3, 0.4) is 0 Å². The molecule has 1 aromatic heterocycles. The van der Waals surface area contributed by atoms with Crippen molar-refractivity contribution in [1.82, 2.24) is 9.88 Å². The number of piperidine rings is 1. The first-order valence-corrected chi connectivity index (χ1v) is 6.85. The van der Waals surface area contributed by atoms with E-state index in [-0.39, 0.29) is 11.7 Å². The van der Waals surface area contributed by atoms with Crippen molar-refractivity contribution in [2.45, 2.75) is 26.2 Å². The van der Waals surface area contributed by atoms with Gasteiger partial charge in [-0.1, -0.05) is 13.3 Å². The fourth-order valence-electron chi connectivity index (χ4n) is 2.38. The van der Waals surface area contributed by atoms with Crippen LogP contribution >= 0.6 is 0 Å². The second kappa shape index (κ2) is 6.36. The highest BCUT2D eigenvalue weighted by molar-refractivity contribution is 5.90. The van der Waals surface area contributed by atoms with Crippen molar-refractivity contribution in [1.29, 1.82) is 0 Å². The van der Waals surface area contributed by atoms with Gasteiger partial charge in [0.2, 0.25) is 0 Å². The molecule has 0 radical (unpaired) electrons. The van der Waals surface area contributed by atoms with Gasteiger partial charge in [-0.3, -0.25) is 0 Å². The van der Waals surface area contributed by atoms with Gasteiger partial charge in [-0.2, -0.15) is 0 Å². The maximum absolute atomic E-state index is 12.1. The minimum Gasteiger partial charge on any atom is -0.477 e. The number of nitrogens with one attached hydrogen (secondary N) is 1. The molecule has 0 spiro atoms. The Hall–Kier alpha value is -2.11. The molecule has 6 nitrogen and oxygen atoms in total. The van der Waals surface area contributed by atoms with Gasteiger partial charge in [0, 0.05) is 13.1 Å². The lowest BCUT2D eigenvalue weighted by Crippen LogP contribution is -2.42. The summed E-state index contributed by atoms with van der Waals surface area (Å²) in [6, 6.07) is 2.78. The monoisotopic (exact) mass is 277 g/mol. The topological polar surface area (TPSA) is 82.5 Å². The maximum Gasteiger partial charge on any atom is 0.354 e. The van der Waals surface area contributed by atoms with E-state index >= 15 is 0 Å². The molecule has 0 aromatic carbocycles. The molecule has 1 saturated heterocycles. The van der Waals surface area contributed by atoms with Crippen LogP contribution in [0.1, 0.15) is 36.7 Å². The number of aromatic nitrogens is 1. The van der Waals surface area contributed by atoms with E-state index in [1.165, 1.54) is 18.7 Å². The second-order valence-corrected chi connectivity index (χ2v) is 5.03. The fraction of sp³-hybridized carbons (Fsp3) is 0.500. The summed E-state index contributed by atoms with van der Waals surface area (Å²) in [5.41, 5.74) is 0.477. The third-order valence-electron chi connectivity index (χ3n) is 3.62. The van der Waals surface area contributed by atoms with Gasteiger partial charge >= 0.3 is 12.0 Å². The van der Waals surface area contributed by atoms with Crippen molar-refractivity contribution in [2.75, 3.05) is 18.4 Å². The predicted octanol–water partition coefficient (Wildman–Crippen LogP) is 2.43. The molecule has 20 heavy (non-hydrogen) atoms. The molecule has 2 amide bonds. The predicted molar refractivity (Wildman–Crippen MR) is 74.8 cm³/mol. The van der Waals surface area contributed by atoms with E-state index in [1.807, 2.05) is 4.90 Å². The number of carbonyl (C=O) groups excluding carboxylic acids is 1. The fourth-order valence-corrected chi connectivity index (χ4v) is 2.38. The van der Waals surface area contributed by atoms with Crippen molar-refractivity contribution in [3.63, 3.8) is 0 Å². The van der Waals surface area contributed by atoms with Crippen LogP contribution in [0.2, 0.25) is 0 Å². The average Bonchev–Trinajstić information content (AvgIpc) is 2.47. The van der Waals surface area contributed by atoms with E-state index in [9.17, 15) is 9.59 Å². The number of amides is 2. The lowest BCUT2D eigenvalue weighted by atomic mass is 9.96. The van der Waals surface area contributed by atoms with Crippen LogP contribution < -0.4 is 5.32 Å². The van der Waals surface area contributed by atoms with Crippen LogP contribution in [0, 0.1) is 5.92 Å². The Morgan fingerprint density at radius 1 is 1.50 bits per heavy atom. The van der Waals surface area contributed by atoms with Gasteiger partial charge in [0.1, 0.15) is 5.69 Å². The van der Waals surface area contributed by atoms with Gasteiger partial charge < -0.3 is 15.3 Å². The minimum atomic E-state index is -1.08. The molecule has 6 heteroatoms. The Morgan fingerprint density at radius 2 is 2.30 bits per heavy atom. The number of urea groups is 1. The van der Waals surface area contributed by atoms with Crippen LogP contribution in [0.15, 0.2) is 18.3 Å². The highest BCUT2D eigenvalue weighted by Crippen LogP contribution is 2.20. The molecule has 0 aliphatic carbocycles. The number of carboxylic acids is 1. The molecular weight excluding hydrogens is 258 g/mol. The molecule has 1 atom stereocenters. The van der Waals surface area contributed by atoms with Crippen molar-refractivity contribution in [3.8, 4) is 0 Å². The van der Waals surface area contributed by atoms with Crippen molar-refractivity contribution >= 4 is 17.7 Å². The Labute approximate surface area is 117 Å². The van der Waals surface area contributed by atoms with Crippen molar-refractivity contribution < 1.29 is 14.7 Å². The number of rotatable bonds is 3. The quantitative estimate of drug-likeness (QED) is 0.889. The van der Waals surface area contributed by atoms with Crippen LogP contribution in [0.4, 0.5) is 10.5 Å². The summed E-state index contributed by atoms with van der Waals surface area (Å²) >= 11 is 0. The lowest BCUT2D eigenvalue weighted by molar-refractivity contribution is 0.0690. The summed E-state index contributed by atoms with van der Waals surface area (Å²) in [6.07, 6.45) is 4.65. The van der Waals surface area contributed by atoms with Crippen LogP contribution in [-0.2, 0) is 0 Å². The number of carbonyl (C=O) groups is 2. The molecular formula is C14H19N3O3. The number of hydrogen-bond donors (Lipinski definition) is 2. The normalized spacial score (nSPS) is 18.6. The summed E-state index contributed by atoms with van der Waals surface area (Å²) in [4.78, 5) is 28.4. The second-order valence-electron chi connectivity index (χ2n) is 5.03. The number of hydrogen-bond acceptors (Lipinski definition) is 3. The number of aromatic carboxylic acids is 1. The summed E-state index contributed by atoms with van der Waals surface area (Å²) in [6.45, 7) is 3.69. The standard InChI is InChI=1S/C14H19N3O3/c1-2-10-4-3-7-17(9-10)14(20)16-11-5-6-12(13(18)19)15-8-11/h5-6,8,10H,2-4,7,9H2,1H3,(H,16,20)(H,18,19). The third-order valence-corrected chi connectivity index (χ3v) is 3.62. The molecule has 1 fully saturated rings. The smallest absolute Gasteiger partial charge is 0.354 e. The molecule has 2 heterocycles. The number of carboxylic acid groups (broad SMARTS) is 1. The van der Waals surface area contributed by atoms with Gasteiger partial charge in [-0.15, -0.1) is 0 Å². The Balaban J connectivity index is 1.95. The van der Waals surface area contributed by atoms with E-state index in [0.29, 0.717) is 11.6 Å². The summed E-state index contributed by atoms with van der Waals surface area (Å²) < 4.78 is 0. The number of pyridine rings is 1. The van der Waals surface area contributed by atoms with Gasteiger partial charge in [-0.05, 0) is 30.9 Å². The Kier molecular flexibility index (Phi) is 4.55. The Morgan fingerprint density at radius 3 is 2.90 bits per heavy atom. The van der Waals surface area contributed by atoms with E-state index in [0.717, 1.165) is 25.9 Å². The van der Waals surface area contributed by atoms with Crippen molar-refractivity contribution in [2.24, 2.45) is 5.92 Å². The first kappa shape index (κ1) is 14.3. The molecule has 2 N–H and O–H groups in total. The molecule has 0 saturated carbocycles. The summed E-state index contributed by atoms with van der Waals surface area (Å²) in [5, 5.41) is 11.5. The first-order chi connectivity index (χ1) is 9.60. The largest absolute Gasteiger partial charge is 0.477 e. The zero-order valence-corrected chi connectivity index (χ0v) is 11.5. The Bertz CT molecular complexity index is 487. The molecule has 2 rings (SSSR count). The molecule has 1 unspecified atom stereocenters. The zero-order valence-electron chi connectivity index (χ0n) is 11.5. The number of anilines is 1. The average molecular weight is 277 g/mol. The van der Waals surface area contributed by atoms with Gasteiger partial charge in [0.05, 0.1) is 11.9 Å². The molecule has 0 bridgehead atoms. The van der Waals surface area contributed by atoms with Crippen molar-refractivity contribution in [3.05, 3.63) is 24.0 Å². The number of nitrogens with zero attached hydrogens (tertiary/aromatic N) is 2. The SMILES string of the molecule is CCC1CCCN(C(=O)Nc2ccc(C(=O)O)nc2)C1. The van der Waals surface area contributed by atoms with E-state index in [4.69, 9.17) is 5.11 Å². The highest BCUT2D eigenvalue weighted by atomic mass is 16.4. The van der Waals surface area contributed by atoms with Crippen LogP contribution in [0.5, 0.6) is 0 Å². The summed E-state index contributed by atoms with van der Waals surface area (Å²) in [7, 11) is 0. The van der Waals surface area contributed by atoms with Crippen LogP contribution in [-0.4, -0.2) is 40.1 Å². The van der Waals surface area contributed by atoms with Gasteiger partial charge in [0.25, 0.3) is 0 Å². The zero-order chi connectivity index (χ0) is 14.5.